The Balaban J connectivity index is 0.00000242. The van der Waals surface area contributed by atoms with Gasteiger partial charge in [0.2, 0.25) is 0 Å². The molecule has 0 aliphatic carbocycles. The number of aliphatic imine (C=N–C) groups is 1. The van der Waals surface area contributed by atoms with E-state index in [2.05, 4.69) is 36.1 Å². The summed E-state index contributed by atoms with van der Waals surface area (Å²) in [5.41, 5.74) is 0.0945. The van der Waals surface area contributed by atoms with Crippen LogP contribution in [0.4, 0.5) is 0 Å². The van der Waals surface area contributed by atoms with Gasteiger partial charge in [-0.05, 0) is 40.3 Å². The van der Waals surface area contributed by atoms with E-state index in [0.717, 1.165) is 58.1 Å². The molecule has 7 heteroatoms. The Bertz CT molecular complexity index is 359. The van der Waals surface area contributed by atoms with Gasteiger partial charge in [-0.15, -0.1) is 24.0 Å². The minimum Gasteiger partial charge on any atom is -0.391 e. The van der Waals surface area contributed by atoms with E-state index in [9.17, 15) is 5.11 Å². The Kier molecular flexibility index (Phi) is 8.37. The molecule has 0 amide bonds. The number of likely N-dealkylation sites (N-methyl/N-ethyl adjacent to an activating group) is 1. The van der Waals surface area contributed by atoms with Gasteiger partial charge in [0.05, 0.1) is 12.6 Å². The van der Waals surface area contributed by atoms with Crippen LogP contribution in [-0.2, 0) is 4.74 Å². The lowest BCUT2D eigenvalue weighted by Crippen LogP contribution is -2.52. The van der Waals surface area contributed by atoms with Crippen molar-refractivity contribution in [3.63, 3.8) is 0 Å². The van der Waals surface area contributed by atoms with Crippen LogP contribution in [0.2, 0.25) is 0 Å². The molecule has 6 nitrogen and oxygen atoms in total. The predicted octanol–water partition coefficient (Wildman–Crippen LogP) is 0.747. The molecule has 2 rings (SSSR count). The normalized spacial score (nSPS) is 25.2. The monoisotopic (exact) mass is 426 g/mol. The molecular weight excluding hydrogens is 395 g/mol. The number of nitrogens with one attached hydrogen (secondary N) is 1. The highest BCUT2D eigenvalue weighted by Gasteiger charge is 2.35. The third-order valence-electron chi connectivity index (χ3n) is 4.69. The van der Waals surface area contributed by atoms with Crippen LogP contribution in [0, 0.1) is 0 Å². The zero-order chi connectivity index (χ0) is 15.3. The van der Waals surface area contributed by atoms with E-state index in [1.165, 1.54) is 0 Å². The fraction of sp³-hybridized carbons (Fsp3) is 0.933. The topological polar surface area (TPSA) is 60.3 Å². The molecule has 2 N–H and O–H groups in total. The van der Waals surface area contributed by atoms with Crippen LogP contribution in [0.1, 0.15) is 26.2 Å². The molecule has 0 aromatic heterocycles. The molecule has 1 atom stereocenters. The standard InChI is InChI=1S/C15H30N4O2.HI/c1-4-16-14(19-8-5-13(20)11-19)17-12-15(18(2)3)6-9-21-10-7-15;/h13,20H,4-12H2,1-3H3,(H,16,17);1H/t13-;/m1./s1. The number of guanidine groups is 1. The lowest BCUT2D eigenvalue weighted by molar-refractivity contribution is -0.00263. The fourth-order valence-electron chi connectivity index (χ4n) is 3.08. The minimum absolute atomic E-state index is 0. The maximum absolute atomic E-state index is 9.72. The van der Waals surface area contributed by atoms with Crippen molar-refractivity contribution in [3.05, 3.63) is 0 Å². The summed E-state index contributed by atoms with van der Waals surface area (Å²) in [5, 5.41) is 13.1. The Morgan fingerprint density at radius 1 is 1.41 bits per heavy atom. The van der Waals surface area contributed by atoms with Gasteiger partial charge in [0.15, 0.2) is 5.96 Å². The largest absolute Gasteiger partial charge is 0.391 e. The maximum atomic E-state index is 9.72. The molecule has 0 bridgehead atoms. The number of β-amino-alcohol motifs (C(OH)–C–C–N with tert-alkyl or cyclic N) is 1. The molecule has 2 fully saturated rings. The van der Waals surface area contributed by atoms with Gasteiger partial charge in [0.1, 0.15) is 0 Å². The second-order valence-electron chi connectivity index (χ2n) is 6.29. The van der Waals surface area contributed by atoms with Crippen molar-refractivity contribution in [2.45, 2.75) is 37.8 Å². The summed E-state index contributed by atoms with van der Waals surface area (Å²) in [4.78, 5) is 9.33. The van der Waals surface area contributed by atoms with Crippen molar-refractivity contribution in [2.75, 3.05) is 53.5 Å². The van der Waals surface area contributed by atoms with Crippen LogP contribution in [0.5, 0.6) is 0 Å². The van der Waals surface area contributed by atoms with Gasteiger partial charge in [-0.3, -0.25) is 4.99 Å². The van der Waals surface area contributed by atoms with Crippen LogP contribution in [0.3, 0.4) is 0 Å². The summed E-state index contributed by atoms with van der Waals surface area (Å²) in [6.07, 6.45) is 2.65. The molecule has 130 valence electrons. The SMILES string of the molecule is CCNC(=NCC1(N(C)C)CCOCC1)N1CC[C@@H](O)C1.I. The fourth-order valence-corrected chi connectivity index (χ4v) is 3.08. The van der Waals surface area contributed by atoms with Gasteiger partial charge in [-0.25, -0.2) is 0 Å². The van der Waals surface area contributed by atoms with Crippen molar-refractivity contribution >= 4 is 29.9 Å². The molecule has 0 radical (unpaired) electrons. The second-order valence-corrected chi connectivity index (χ2v) is 6.29. The first-order valence-corrected chi connectivity index (χ1v) is 8.04. The molecular formula is C15H31IN4O2. The number of nitrogens with zero attached hydrogens (tertiary/aromatic N) is 3. The first-order valence-electron chi connectivity index (χ1n) is 8.04. The molecule has 0 spiro atoms. The summed E-state index contributed by atoms with van der Waals surface area (Å²) in [6.45, 7) is 6.90. The summed E-state index contributed by atoms with van der Waals surface area (Å²) >= 11 is 0. The number of rotatable bonds is 4. The van der Waals surface area contributed by atoms with Crippen molar-refractivity contribution in [3.8, 4) is 0 Å². The molecule has 0 unspecified atom stereocenters. The number of halogens is 1. The Hall–Kier alpha value is -0.120. The lowest BCUT2D eigenvalue weighted by Gasteiger charge is -2.42. The number of aliphatic hydroxyl groups excluding tert-OH is 1. The lowest BCUT2D eigenvalue weighted by atomic mass is 9.89. The summed E-state index contributed by atoms with van der Waals surface area (Å²) < 4.78 is 5.51. The Morgan fingerprint density at radius 3 is 2.59 bits per heavy atom. The quantitative estimate of drug-likeness (QED) is 0.395. The van der Waals surface area contributed by atoms with Crippen molar-refractivity contribution in [2.24, 2.45) is 4.99 Å². The van der Waals surface area contributed by atoms with Crippen molar-refractivity contribution in [1.29, 1.82) is 0 Å². The number of hydrogen-bond acceptors (Lipinski definition) is 4. The Labute approximate surface area is 151 Å². The molecule has 22 heavy (non-hydrogen) atoms. The average molecular weight is 426 g/mol. The third-order valence-corrected chi connectivity index (χ3v) is 4.69. The molecule has 2 aliphatic rings. The van der Waals surface area contributed by atoms with Crippen LogP contribution in [-0.4, -0.2) is 86.0 Å². The summed E-state index contributed by atoms with van der Waals surface area (Å²) in [6, 6.07) is 0. The average Bonchev–Trinajstić information content (AvgIpc) is 2.90. The highest BCUT2D eigenvalue weighted by Crippen LogP contribution is 2.26. The molecule has 0 aromatic rings. The van der Waals surface area contributed by atoms with Gasteiger partial charge >= 0.3 is 0 Å². The number of hydrogen-bond donors (Lipinski definition) is 2. The number of aliphatic hydroxyl groups is 1. The minimum atomic E-state index is -0.222. The van der Waals surface area contributed by atoms with Crippen LogP contribution in [0.25, 0.3) is 0 Å². The Morgan fingerprint density at radius 2 is 2.09 bits per heavy atom. The van der Waals surface area contributed by atoms with Crippen LogP contribution < -0.4 is 5.32 Å². The molecule has 2 saturated heterocycles. The van der Waals surface area contributed by atoms with E-state index < -0.39 is 0 Å². The third kappa shape index (κ3) is 4.94. The van der Waals surface area contributed by atoms with Crippen molar-refractivity contribution < 1.29 is 9.84 Å². The first kappa shape index (κ1) is 19.9. The van der Waals surface area contributed by atoms with E-state index in [1.54, 1.807) is 0 Å². The van der Waals surface area contributed by atoms with Crippen LogP contribution in [0.15, 0.2) is 4.99 Å². The van der Waals surface area contributed by atoms with Gasteiger partial charge in [0.25, 0.3) is 0 Å². The van der Waals surface area contributed by atoms with E-state index >= 15 is 0 Å². The highest BCUT2D eigenvalue weighted by molar-refractivity contribution is 14.0. The van der Waals surface area contributed by atoms with Crippen LogP contribution >= 0.6 is 24.0 Å². The van der Waals surface area contributed by atoms with Gasteiger partial charge < -0.3 is 25.0 Å². The smallest absolute Gasteiger partial charge is 0.194 e. The van der Waals surface area contributed by atoms with Gasteiger partial charge in [-0.1, -0.05) is 0 Å². The van der Waals surface area contributed by atoms with E-state index in [4.69, 9.17) is 9.73 Å². The highest BCUT2D eigenvalue weighted by atomic mass is 127. The van der Waals surface area contributed by atoms with E-state index in [1.807, 2.05) is 0 Å². The zero-order valence-electron chi connectivity index (χ0n) is 14.0. The molecule has 2 heterocycles. The van der Waals surface area contributed by atoms with Gasteiger partial charge in [-0.2, -0.15) is 0 Å². The number of likely N-dealkylation sites (tertiary alicyclic amines) is 1. The van der Waals surface area contributed by atoms with Crippen molar-refractivity contribution in [1.82, 2.24) is 15.1 Å². The zero-order valence-corrected chi connectivity index (χ0v) is 16.4. The summed E-state index contributed by atoms with van der Waals surface area (Å²) in [7, 11) is 4.26. The number of ether oxygens (including phenoxy) is 1. The maximum Gasteiger partial charge on any atom is 0.194 e. The molecule has 2 aliphatic heterocycles. The second kappa shape index (κ2) is 9.24. The summed E-state index contributed by atoms with van der Waals surface area (Å²) in [5.74, 6) is 0.932. The predicted molar refractivity (Wildman–Crippen MR) is 100 cm³/mol. The van der Waals surface area contributed by atoms with E-state index in [0.29, 0.717) is 6.54 Å². The van der Waals surface area contributed by atoms with Gasteiger partial charge in [0, 0.05) is 38.4 Å². The first-order chi connectivity index (χ1) is 10.1. The molecule has 0 aromatic carbocycles. The van der Waals surface area contributed by atoms with E-state index in [-0.39, 0.29) is 35.6 Å². The molecule has 0 saturated carbocycles.